The number of nitrogens with zero attached hydrogens (tertiary/aromatic N) is 2. The first kappa shape index (κ1) is 61.4. The van der Waals surface area contributed by atoms with E-state index in [1.807, 2.05) is 27.7 Å². The van der Waals surface area contributed by atoms with Crippen molar-refractivity contribution in [3.63, 3.8) is 0 Å². The maximum absolute atomic E-state index is 11.7. The monoisotopic (exact) mass is 920 g/mol. The fourth-order valence-electron chi connectivity index (χ4n) is 7.73. The maximum Gasteiger partial charge on any atom is 0.233 e. The predicted molar refractivity (Wildman–Crippen MR) is 228 cm³/mol. The van der Waals surface area contributed by atoms with Crippen molar-refractivity contribution < 1.29 is 84.6 Å². The second-order valence-electron chi connectivity index (χ2n) is 15.6. The van der Waals surface area contributed by atoms with Gasteiger partial charge in [-0.1, -0.05) is 189 Å². The second kappa shape index (κ2) is 32.5. The van der Waals surface area contributed by atoms with Crippen molar-refractivity contribution in [3.8, 4) is 0 Å². The van der Waals surface area contributed by atoms with Gasteiger partial charge in [-0.05, 0) is 50.9 Å². The number of carbonyl (C=O) groups excluding carboxylic acids is 4. The van der Waals surface area contributed by atoms with E-state index in [1.165, 1.54) is 121 Å². The molecule has 0 spiro atoms. The Morgan fingerprint density at radius 1 is 0.491 bits per heavy atom. The van der Waals surface area contributed by atoms with Crippen LogP contribution >= 0.6 is 0 Å². The molecule has 0 N–H and O–H groups in total. The van der Waals surface area contributed by atoms with Crippen molar-refractivity contribution in [2.45, 2.75) is 181 Å². The number of aryl methyl sites for hydroxylation is 3. The van der Waals surface area contributed by atoms with Crippen LogP contribution in [0.15, 0.2) is 18.2 Å². The molecule has 6 nitrogen and oxygen atoms in total. The van der Waals surface area contributed by atoms with Crippen LogP contribution in [-0.4, -0.2) is 47.5 Å². The Balaban J connectivity index is -0.000000294. The summed E-state index contributed by atoms with van der Waals surface area (Å²) in [7, 11) is 2.80. The molecule has 7 aliphatic rings. The molecule has 55 heavy (non-hydrogen) atoms. The third kappa shape index (κ3) is 17.8. The molecule has 1 aromatic rings. The van der Waals surface area contributed by atoms with Crippen LogP contribution in [0.25, 0.3) is 0 Å². The van der Waals surface area contributed by atoms with Crippen LogP contribution < -0.4 is 0 Å². The molecular formula is C47H86N2O4Y2. The van der Waals surface area contributed by atoms with E-state index in [0.717, 1.165) is 33.5 Å². The van der Waals surface area contributed by atoms with Crippen LogP contribution in [0, 0.1) is 68.1 Å². The first-order valence-corrected chi connectivity index (χ1v) is 21.0. The van der Waals surface area contributed by atoms with Gasteiger partial charge in [-0.2, -0.15) is 0 Å². The molecule has 7 fully saturated rings. The summed E-state index contributed by atoms with van der Waals surface area (Å²) < 4.78 is 0. The molecule has 2 radical (unpaired) electrons. The van der Waals surface area contributed by atoms with Gasteiger partial charge in [0.15, 0.2) is 0 Å². The van der Waals surface area contributed by atoms with E-state index in [4.69, 9.17) is 0 Å². The fourth-order valence-corrected chi connectivity index (χ4v) is 7.73. The molecule has 4 unspecified atom stereocenters. The summed E-state index contributed by atoms with van der Waals surface area (Å²) in [5, 5.41) is 0. The summed E-state index contributed by atoms with van der Waals surface area (Å²) in [6.07, 6.45) is 20.8. The molecule has 0 bridgehead atoms. The van der Waals surface area contributed by atoms with Crippen molar-refractivity contribution in [2.75, 3.05) is 14.1 Å². The summed E-state index contributed by atoms with van der Waals surface area (Å²) in [5.74, 6) is 0.256. The Hall–Kier alpha value is -0.292. The van der Waals surface area contributed by atoms with Gasteiger partial charge in [-0.15, -0.1) is 0 Å². The smallest absolute Gasteiger partial charge is 0.233 e. The normalized spacial score (nSPS) is 27.8. The van der Waals surface area contributed by atoms with E-state index in [-0.39, 0.29) is 104 Å². The minimum absolute atomic E-state index is 0. The third-order valence-corrected chi connectivity index (χ3v) is 11.9. The molecule has 2 heterocycles. The number of likely N-dealkylation sites (tertiary alicyclic amines) is 2. The fraction of sp³-hybridized carbons (Fsp3) is 0.787. The standard InChI is InChI=1S/C10H10N2O4.C10H20.C9H12.3C4H8.2C2H6.2CH4.2Y/c1-11-7(13)3-4(8(11)14)6-5(3)9(15)12(2)10(6)16;1-5-10-8(3)6-7(2)9(10)4;1-7-4-8(2)6-9(3)5-7;3*1-2-4-3-1;2*1-2;;;;/h3-6H,1-2H3;7-10H,5-6H2,1-4H3;4-6H,1-3H3;3*1-4H2;2*1-2H3;2*1H4;;. The first-order valence-electron chi connectivity index (χ1n) is 21.0. The summed E-state index contributed by atoms with van der Waals surface area (Å²) in [6.45, 7) is 23.9. The Kier molecular flexibility index (Phi) is 36.3. The van der Waals surface area contributed by atoms with Gasteiger partial charge in [0.05, 0.1) is 23.7 Å². The zero-order valence-electron chi connectivity index (χ0n) is 36.4. The van der Waals surface area contributed by atoms with Gasteiger partial charge < -0.3 is 0 Å². The number of fused-ring (bicyclic) bond motifs is 4. The SMILES string of the molecule is C.C.C1CCC1.C1CCC1.C1CCC1.CC.CC.CCC1C(C)CC(C)C1C.CN1C(=O)C2C(C1=O)C1C(=O)N(C)C(=O)C21.Cc1cc(C)cc(C)c1.[Y].[Y]. The second-order valence-corrected chi connectivity index (χ2v) is 15.6. The molecule has 314 valence electrons. The predicted octanol–water partition coefficient (Wildman–Crippen LogP) is 12.4. The van der Waals surface area contributed by atoms with Crippen LogP contribution in [0.5, 0.6) is 0 Å². The van der Waals surface area contributed by atoms with Crippen LogP contribution in [0.1, 0.15) is 177 Å². The average Bonchev–Trinajstić information content (AvgIpc) is 3.41. The summed E-state index contributed by atoms with van der Waals surface area (Å²) in [5.41, 5.74) is 4.06. The number of hydrogen-bond acceptors (Lipinski definition) is 4. The minimum Gasteiger partial charge on any atom is -0.285 e. The minimum atomic E-state index is -0.594. The first-order chi connectivity index (χ1) is 24.3. The van der Waals surface area contributed by atoms with Crippen molar-refractivity contribution >= 4 is 23.6 Å². The van der Waals surface area contributed by atoms with Crippen molar-refractivity contribution in [2.24, 2.45) is 47.3 Å². The van der Waals surface area contributed by atoms with Gasteiger partial charge in [-0.3, -0.25) is 29.0 Å². The zero-order chi connectivity index (χ0) is 38.8. The Labute approximate surface area is 391 Å². The molecule has 5 aliphatic carbocycles. The van der Waals surface area contributed by atoms with E-state index in [0.29, 0.717) is 0 Å². The third-order valence-electron chi connectivity index (χ3n) is 11.9. The van der Waals surface area contributed by atoms with Crippen LogP contribution in [0.4, 0.5) is 0 Å². The van der Waals surface area contributed by atoms with Gasteiger partial charge in [-0.25, -0.2) is 0 Å². The molecule has 4 amide bonds. The van der Waals surface area contributed by atoms with Crippen molar-refractivity contribution in [3.05, 3.63) is 34.9 Å². The quantitative estimate of drug-likeness (QED) is 0.263. The Morgan fingerprint density at radius 2 is 0.709 bits per heavy atom. The van der Waals surface area contributed by atoms with E-state index < -0.39 is 23.7 Å². The number of carbonyl (C=O) groups is 4. The topological polar surface area (TPSA) is 74.8 Å². The molecule has 2 saturated heterocycles. The van der Waals surface area contributed by atoms with Crippen molar-refractivity contribution in [1.29, 1.82) is 0 Å². The van der Waals surface area contributed by atoms with Crippen LogP contribution in [0.3, 0.4) is 0 Å². The number of benzene rings is 1. The van der Waals surface area contributed by atoms with Gasteiger partial charge in [0.25, 0.3) is 0 Å². The van der Waals surface area contributed by atoms with E-state index >= 15 is 0 Å². The van der Waals surface area contributed by atoms with Crippen molar-refractivity contribution in [1.82, 2.24) is 9.80 Å². The van der Waals surface area contributed by atoms with Gasteiger partial charge in [0.2, 0.25) is 23.6 Å². The number of imide groups is 2. The van der Waals surface area contributed by atoms with E-state index in [2.05, 4.69) is 66.7 Å². The van der Waals surface area contributed by atoms with Gasteiger partial charge >= 0.3 is 0 Å². The molecule has 8 heteroatoms. The van der Waals surface area contributed by atoms with Crippen LogP contribution in [-0.2, 0) is 84.6 Å². The van der Waals surface area contributed by atoms with Gasteiger partial charge in [0.1, 0.15) is 0 Å². The molecule has 2 aliphatic heterocycles. The number of rotatable bonds is 1. The molecule has 1 aromatic carbocycles. The molecule has 8 rings (SSSR count). The Morgan fingerprint density at radius 3 is 0.836 bits per heavy atom. The van der Waals surface area contributed by atoms with E-state index in [9.17, 15) is 19.2 Å². The molecule has 4 atom stereocenters. The number of hydrogen-bond donors (Lipinski definition) is 0. The molecule has 5 saturated carbocycles. The summed E-state index contributed by atoms with van der Waals surface area (Å²) in [4.78, 5) is 48.9. The number of amides is 4. The Bertz CT molecular complexity index is 1040. The summed E-state index contributed by atoms with van der Waals surface area (Å²) >= 11 is 0. The van der Waals surface area contributed by atoms with Gasteiger partial charge in [0, 0.05) is 79.5 Å². The van der Waals surface area contributed by atoms with Crippen LogP contribution in [0.2, 0.25) is 0 Å². The zero-order valence-corrected chi connectivity index (χ0v) is 42.1. The summed E-state index contributed by atoms with van der Waals surface area (Å²) in [6, 6.07) is 6.56. The molecule has 0 aromatic heterocycles. The largest absolute Gasteiger partial charge is 0.285 e. The molecular weight excluding hydrogens is 834 g/mol. The van der Waals surface area contributed by atoms with E-state index in [1.54, 1.807) is 0 Å². The maximum atomic E-state index is 11.7. The average molecular weight is 921 g/mol.